The molecule has 1 aromatic heterocycles. The zero-order chi connectivity index (χ0) is 12.1. The number of benzene rings is 1. The van der Waals surface area contributed by atoms with Crippen LogP contribution in [0.1, 0.15) is 37.5 Å². The molecular formula is C14H18N2O. The van der Waals surface area contributed by atoms with Crippen molar-refractivity contribution < 1.29 is 4.42 Å². The molecule has 1 N–H and O–H groups in total. The van der Waals surface area contributed by atoms with Gasteiger partial charge in [-0.25, -0.2) is 4.98 Å². The van der Waals surface area contributed by atoms with Gasteiger partial charge in [-0.15, -0.1) is 0 Å². The number of oxazole rings is 1. The molecule has 0 aliphatic rings. The summed E-state index contributed by atoms with van der Waals surface area (Å²) in [5.41, 5.74) is 2.49. The van der Waals surface area contributed by atoms with Gasteiger partial charge in [0.1, 0.15) is 5.76 Å². The molecule has 90 valence electrons. The molecule has 0 aliphatic carbocycles. The summed E-state index contributed by atoms with van der Waals surface area (Å²) < 4.78 is 5.16. The number of anilines is 1. The van der Waals surface area contributed by atoms with E-state index in [1.165, 1.54) is 18.4 Å². The van der Waals surface area contributed by atoms with Crippen LogP contribution in [0.15, 0.2) is 41.3 Å². The predicted octanol–water partition coefficient (Wildman–Crippen LogP) is 3.80. The highest BCUT2D eigenvalue weighted by Crippen LogP contribution is 2.20. The van der Waals surface area contributed by atoms with E-state index in [1.807, 2.05) is 0 Å². The summed E-state index contributed by atoms with van der Waals surface area (Å²) in [5.74, 6) is 1.47. The highest BCUT2D eigenvalue weighted by molar-refractivity contribution is 5.45. The Morgan fingerprint density at radius 1 is 1.29 bits per heavy atom. The largest absolute Gasteiger partial charge is 0.447 e. The Labute approximate surface area is 102 Å². The van der Waals surface area contributed by atoms with Gasteiger partial charge in [0.15, 0.2) is 6.39 Å². The van der Waals surface area contributed by atoms with Crippen LogP contribution in [0.25, 0.3) is 0 Å². The maximum atomic E-state index is 5.16. The molecular weight excluding hydrogens is 212 g/mol. The summed E-state index contributed by atoms with van der Waals surface area (Å²) in [5, 5.41) is 3.30. The van der Waals surface area contributed by atoms with Gasteiger partial charge >= 0.3 is 0 Å². The van der Waals surface area contributed by atoms with E-state index in [9.17, 15) is 0 Å². The number of hydrogen-bond acceptors (Lipinski definition) is 3. The van der Waals surface area contributed by atoms with E-state index in [0.29, 0.717) is 12.5 Å². The van der Waals surface area contributed by atoms with Crippen molar-refractivity contribution in [3.63, 3.8) is 0 Å². The number of nitrogens with one attached hydrogen (secondary N) is 1. The van der Waals surface area contributed by atoms with Crippen molar-refractivity contribution in [1.82, 2.24) is 4.98 Å². The number of rotatable bonds is 5. The SMILES string of the molecule is CCC(C)c1ccc(NCc2cnco2)cc1. The van der Waals surface area contributed by atoms with Crippen molar-refractivity contribution in [3.05, 3.63) is 48.2 Å². The topological polar surface area (TPSA) is 38.1 Å². The van der Waals surface area contributed by atoms with E-state index >= 15 is 0 Å². The number of aromatic nitrogens is 1. The van der Waals surface area contributed by atoms with E-state index in [4.69, 9.17) is 4.42 Å². The molecule has 0 spiro atoms. The second-order valence-corrected chi connectivity index (χ2v) is 4.25. The van der Waals surface area contributed by atoms with E-state index in [-0.39, 0.29) is 0 Å². The van der Waals surface area contributed by atoms with E-state index in [2.05, 4.69) is 48.4 Å². The Morgan fingerprint density at radius 2 is 2.06 bits per heavy atom. The highest BCUT2D eigenvalue weighted by Gasteiger charge is 2.02. The lowest BCUT2D eigenvalue weighted by Crippen LogP contribution is -1.98. The van der Waals surface area contributed by atoms with Crippen LogP contribution in [-0.2, 0) is 6.54 Å². The summed E-state index contributed by atoms with van der Waals surface area (Å²) in [6.45, 7) is 5.13. The first-order valence-electron chi connectivity index (χ1n) is 6.00. The first-order valence-corrected chi connectivity index (χ1v) is 6.00. The Morgan fingerprint density at radius 3 is 2.65 bits per heavy atom. The lowest BCUT2D eigenvalue weighted by Gasteiger charge is -2.10. The molecule has 0 saturated heterocycles. The molecule has 0 saturated carbocycles. The summed E-state index contributed by atoms with van der Waals surface area (Å²) in [6, 6.07) is 8.57. The molecule has 2 aromatic rings. The summed E-state index contributed by atoms with van der Waals surface area (Å²) in [6.07, 6.45) is 4.34. The molecule has 1 atom stereocenters. The van der Waals surface area contributed by atoms with Gasteiger partial charge in [0.2, 0.25) is 0 Å². The Kier molecular flexibility index (Phi) is 3.81. The zero-order valence-corrected chi connectivity index (χ0v) is 10.3. The Hall–Kier alpha value is -1.77. The molecule has 3 heteroatoms. The van der Waals surface area contributed by atoms with Crippen molar-refractivity contribution in [2.75, 3.05) is 5.32 Å². The van der Waals surface area contributed by atoms with Crippen molar-refractivity contribution in [2.24, 2.45) is 0 Å². The summed E-state index contributed by atoms with van der Waals surface area (Å²) in [4.78, 5) is 3.88. The minimum atomic E-state index is 0.623. The molecule has 3 nitrogen and oxygen atoms in total. The van der Waals surface area contributed by atoms with Crippen molar-refractivity contribution in [2.45, 2.75) is 32.7 Å². The predicted molar refractivity (Wildman–Crippen MR) is 69.0 cm³/mol. The van der Waals surface area contributed by atoms with Crippen molar-refractivity contribution in [1.29, 1.82) is 0 Å². The lowest BCUT2D eigenvalue weighted by molar-refractivity contribution is 0.512. The van der Waals surface area contributed by atoms with E-state index in [1.54, 1.807) is 6.20 Å². The first-order chi connectivity index (χ1) is 8.29. The summed E-state index contributed by atoms with van der Waals surface area (Å²) >= 11 is 0. The first kappa shape index (κ1) is 11.7. The molecule has 0 aliphatic heterocycles. The number of nitrogens with zero attached hydrogens (tertiary/aromatic N) is 1. The van der Waals surface area contributed by atoms with Crippen LogP contribution < -0.4 is 5.32 Å². The molecule has 1 unspecified atom stereocenters. The quantitative estimate of drug-likeness (QED) is 0.849. The molecule has 17 heavy (non-hydrogen) atoms. The van der Waals surface area contributed by atoms with Gasteiger partial charge < -0.3 is 9.73 Å². The minimum Gasteiger partial charge on any atom is -0.447 e. The van der Waals surface area contributed by atoms with Crippen LogP contribution in [-0.4, -0.2) is 4.98 Å². The third-order valence-corrected chi connectivity index (χ3v) is 3.04. The fourth-order valence-corrected chi connectivity index (χ4v) is 1.68. The second-order valence-electron chi connectivity index (χ2n) is 4.25. The van der Waals surface area contributed by atoms with Gasteiger partial charge in [-0.3, -0.25) is 0 Å². The Balaban J connectivity index is 1.94. The van der Waals surface area contributed by atoms with Crippen LogP contribution in [0.2, 0.25) is 0 Å². The third kappa shape index (κ3) is 3.09. The third-order valence-electron chi connectivity index (χ3n) is 3.04. The second kappa shape index (κ2) is 5.53. The average Bonchev–Trinajstić information content (AvgIpc) is 2.89. The minimum absolute atomic E-state index is 0.623. The lowest BCUT2D eigenvalue weighted by atomic mass is 9.99. The zero-order valence-electron chi connectivity index (χ0n) is 10.3. The molecule has 0 fully saturated rings. The smallest absolute Gasteiger partial charge is 0.180 e. The van der Waals surface area contributed by atoms with Crippen LogP contribution in [0.3, 0.4) is 0 Å². The molecule has 0 bridgehead atoms. The maximum Gasteiger partial charge on any atom is 0.180 e. The molecule has 1 heterocycles. The molecule has 1 aromatic carbocycles. The van der Waals surface area contributed by atoms with Crippen molar-refractivity contribution >= 4 is 5.69 Å². The van der Waals surface area contributed by atoms with E-state index < -0.39 is 0 Å². The van der Waals surface area contributed by atoms with Crippen LogP contribution >= 0.6 is 0 Å². The maximum absolute atomic E-state index is 5.16. The molecule has 0 radical (unpaired) electrons. The van der Waals surface area contributed by atoms with Crippen molar-refractivity contribution in [3.8, 4) is 0 Å². The van der Waals surface area contributed by atoms with E-state index in [0.717, 1.165) is 11.4 Å². The van der Waals surface area contributed by atoms with Gasteiger partial charge in [-0.2, -0.15) is 0 Å². The van der Waals surface area contributed by atoms with Gasteiger partial charge in [0, 0.05) is 5.69 Å². The number of hydrogen-bond donors (Lipinski definition) is 1. The fourth-order valence-electron chi connectivity index (χ4n) is 1.68. The monoisotopic (exact) mass is 230 g/mol. The Bertz CT molecular complexity index is 434. The molecule has 0 amide bonds. The average molecular weight is 230 g/mol. The van der Waals surface area contributed by atoms with Gasteiger partial charge in [0.25, 0.3) is 0 Å². The van der Waals surface area contributed by atoms with Gasteiger partial charge in [-0.05, 0) is 30.0 Å². The standard InChI is InChI=1S/C14H18N2O/c1-3-11(2)12-4-6-13(7-5-12)16-9-14-8-15-10-17-14/h4-8,10-11,16H,3,9H2,1-2H3. The summed E-state index contributed by atoms with van der Waals surface area (Å²) in [7, 11) is 0. The highest BCUT2D eigenvalue weighted by atomic mass is 16.3. The molecule has 2 rings (SSSR count). The van der Waals surface area contributed by atoms with Gasteiger partial charge in [0.05, 0.1) is 12.7 Å². The fraction of sp³-hybridized carbons (Fsp3) is 0.357. The normalized spacial score (nSPS) is 12.4. The van der Waals surface area contributed by atoms with Gasteiger partial charge in [-0.1, -0.05) is 26.0 Å². The van der Waals surface area contributed by atoms with Crippen LogP contribution in [0.4, 0.5) is 5.69 Å². The van der Waals surface area contributed by atoms with Crippen LogP contribution in [0.5, 0.6) is 0 Å². The van der Waals surface area contributed by atoms with Crippen LogP contribution in [0, 0.1) is 0 Å².